The maximum atomic E-state index is 9.49. The lowest BCUT2D eigenvalue weighted by molar-refractivity contribution is 0.207. The van der Waals surface area contributed by atoms with Gasteiger partial charge < -0.3 is 0 Å². The molecule has 22 heavy (non-hydrogen) atoms. The SMILES string of the molecule is N#C[C@@H]1CC[C@H](C#N)N1C(c1ccccc1)c1ccccc1. The van der Waals surface area contributed by atoms with Crippen LogP contribution in [0.3, 0.4) is 0 Å². The van der Waals surface area contributed by atoms with E-state index in [2.05, 4.69) is 41.3 Å². The van der Waals surface area contributed by atoms with Gasteiger partial charge in [-0.3, -0.25) is 4.90 Å². The Labute approximate surface area is 131 Å². The lowest BCUT2D eigenvalue weighted by Gasteiger charge is -2.33. The molecule has 0 amide bonds. The first kappa shape index (κ1) is 14.3. The van der Waals surface area contributed by atoms with Crippen LogP contribution in [0.5, 0.6) is 0 Å². The summed E-state index contributed by atoms with van der Waals surface area (Å²) in [6.45, 7) is 0. The predicted octanol–water partition coefficient (Wildman–Crippen LogP) is 3.66. The Bertz CT molecular complexity index is 635. The van der Waals surface area contributed by atoms with E-state index in [9.17, 15) is 10.5 Å². The van der Waals surface area contributed by atoms with Gasteiger partial charge in [0, 0.05) is 0 Å². The molecule has 0 aromatic heterocycles. The first-order chi connectivity index (χ1) is 10.8. The number of nitrogens with zero attached hydrogens (tertiary/aromatic N) is 3. The van der Waals surface area contributed by atoms with E-state index < -0.39 is 0 Å². The van der Waals surface area contributed by atoms with Gasteiger partial charge in [-0.2, -0.15) is 10.5 Å². The number of hydrogen-bond donors (Lipinski definition) is 0. The van der Waals surface area contributed by atoms with Crippen LogP contribution in [0.25, 0.3) is 0 Å². The largest absolute Gasteiger partial charge is 0.261 e. The fourth-order valence-electron chi connectivity index (χ4n) is 3.26. The molecule has 2 aromatic carbocycles. The number of benzene rings is 2. The highest BCUT2D eigenvalue weighted by atomic mass is 15.2. The molecule has 3 nitrogen and oxygen atoms in total. The number of nitriles is 2. The highest BCUT2D eigenvalue weighted by Gasteiger charge is 2.39. The van der Waals surface area contributed by atoms with Gasteiger partial charge in [-0.05, 0) is 24.0 Å². The third kappa shape index (κ3) is 2.60. The van der Waals surface area contributed by atoms with Crippen molar-refractivity contribution < 1.29 is 0 Å². The Hall–Kier alpha value is -2.62. The van der Waals surface area contributed by atoms with Gasteiger partial charge in [0.15, 0.2) is 0 Å². The summed E-state index contributed by atoms with van der Waals surface area (Å²) in [5.41, 5.74) is 2.24. The second kappa shape index (κ2) is 6.43. The van der Waals surface area contributed by atoms with Crippen molar-refractivity contribution in [1.29, 1.82) is 10.5 Å². The highest BCUT2D eigenvalue weighted by molar-refractivity contribution is 5.34. The quantitative estimate of drug-likeness (QED) is 0.865. The van der Waals surface area contributed by atoms with Gasteiger partial charge in [0.25, 0.3) is 0 Å². The first-order valence-electron chi connectivity index (χ1n) is 7.51. The highest BCUT2D eigenvalue weighted by Crippen LogP contribution is 2.37. The van der Waals surface area contributed by atoms with Crippen molar-refractivity contribution in [2.45, 2.75) is 31.0 Å². The van der Waals surface area contributed by atoms with Gasteiger partial charge in [0.1, 0.15) is 0 Å². The zero-order valence-electron chi connectivity index (χ0n) is 12.3. The summed E-state index contributed by atoms with van der Waals surface area (Å²) in [5.74, 6) is 0. The maximum Gasteiger partial charge on any atom is 0.0996 e. The number of rotatable bonds is 3. The van der Waals surface area contributed by atoms with E-state index in [4.69, 9.17) is 0 Å². The molecular weight excluding hydrogens is 270 g/mol. The summed E-state index contributed by atoms with van der Waals surface area (Å²) in [5, 5.41) is 19.0. The van der Waals surface area contributed by atoms with Crippen molar-refractivity contribution in [3.63, 3.8) is 0 Å². The average Bonchev–Trinajstić information content (AvgIpc) is 3.00. The van der Waals surface area contributed by atoms with Crippen LogP contribution in [0.4, 0.5) is 0 Å². The first-order valence-corrected chi connectivity index (χ1v) is 7.51. The molecular formula is C19H17N3. The molecule has 3 rings (SSSR count). The minimum absolute atomic E-state index is 0.0563. The Morgan fingerprint density at radius 2 is 1.18 bits per heavy atom. The van der Waals surface area contributed by atoms with E-state index in [-0.39, 0.29) is 18.1 Å². The smallest absolute Gasteiger partial charge is 0.0996 e. The second-order valence-electron chi connectivity index (χ2n) is 5.54. The second-order valence-corrected chi connectivity index (χ2v) is 5.54. The van der Waals surface area contributed by atoms with Crippen molar-refractivity contribution in [2.75, 3.05) is 0 Å². The lowest BCUT2D eigenvalue weighted by atomic mass is 9.95. The van der Waals surface area contributed by atoms with Crippen molar-refractivity contribution in [1.82, 2.24) is 4.90 Å². The molecule has 1 saturated heterocycles. The molecule has 1 aliphatic rings. The summed E-state index contributed by atoms with van der Waals surface area (Å²) in [4.78, 5) is 2.07. The van der Waals surface area contributed by atoms with Gasteiger partial charge in [-0.1, -0.05) is 60.7 Å². The number of likely N-dealkylation sites (tertiary alicyclic amines) is 1. The molecule has 1 aliphatic heterocycles. The van der Waals surface area contributed by atoms with Crippen molar-refractivity contribution in [3.8, 4) is 12.1 Å². The van der Waals surface area contributed by atoms with E-state index in [0.717, 1.165) is 24.0 Å². The lowest BCUT2D eigenvalue weighted by Crippen LogP contribution is -2.38. The van der Waals surface area contributed by atoms with Crippen LogP contribution in [-0.2, 0) is 0 Å². The van der Waals surface area contributed by atoms with E-state index in [1.54, 1.807) is 0 Å². The standard InChI is InChI=1S/C19H17N3/c20-13-17-11-12-18(14-21)22(17)19(15-7-3-1-4-8-15)16-9-5-2-6-10-16/h1-10,17-19H,11-12H2/t17-,18+. The average molecular weight is 287 g/mol. The van der Waals surface area contributed by atoms with Crippen LogP contribution < -0.4 is 0 Å². The van der Waals surface area contributed by atoms with E-state index in [1.165, 1.54) is 0 Å². The molecule has 0 saturated carbocycles. The molecule has 2 atom stereocenters. The van der Waals surface area contributed by atoms with Crippen molar-refractivity contribution in [2.24, 2.45) is 0 Å². The molecule has 1 heterocycles. The van der Waals surface area contributed by atoms with Gasteiger partial charge in [-0.25, -0.2) is 0 Å². The summed E-state index contributed by atoms with van der Waals surface area (Å²) < 4.78 is 0. The van der Waals surface area contributed by atoms with Crippen molar-refractivity contribution in [3.05, 3.63) is 71.8 Å². The Kier molecular flexibility index (Phi) is 4.19. The molecule has 1 fully saturated rings. The summed E-state index contributed by atoms with van der Waals surface area (Å²) in [6, 6.07) is 24.5. The zero-order valence-corrected chi connectivity index (χ0v) is 12.3. The molecule has 108 valence electrons. The Morgan fingerprint density at radius 3 is 1.55 bits per heavy atom. The molecule has 3 heteroatoms. The fourth-order valence-corrected chi connectivity index (χ4v) is 3.26. The van der Waals surface area contributed by atoms with Gasteiger partial charge >= 0.3 is 0 Å². The fraction of sp³-hybridized carbons (Fsp3) is 0.263. The van der Waals surface area contributed by atoms with Crippen LogP contribution in [0.2, 0.25) is 0 Å². The Balaban J connectivity index is 2.10. The van der Waals surface area contributed by atoms with Crippen molar-refractivity contribution >= 4 is 0 Å². The number of hydrogen-bond acceptors (Lipinski definition) is 3. The molecule has 0 unspecified atom stereocenters. The monoisotopic (exact) mass is 287 g/mol. The molecule has 0 bridgehead atoms. The predicted molar refractivity (Wildman–Crippen MR) is 84.6 cm³/mol. The van der Waals surface area contributed by atoms with Crippen LogP contribution in [0, 0.1) is 22.7 Å². The third-order valence-corrected chi connectivity index (χ3v) is 4.26. The molecule has 0 radical (unpaired) electrons. The van der Waals surface area contributed by atoms with Gasteiger partial charge in [0.2, 0.25) is 0 Å². The van der Waals surface area contributed by atoms with Gasteiger partial charge in [0.05, 0.1) is 30.3 Å². The van der Waals surface area contributed by atoms with Crippen LogP contribution >= 0.6 is 0 Å². The van der Waals surface area contributed by atoms with E-state index in [0.29, 0.717) is 0 Å². The molecule has 2 aromatic rings. The molecule has 0 spiro atoms. The maximum absolute atomic E-state index is 9.49. The van der Waals surface area contributed by atoms with Gasteiger partial charge in [-0.15, -0.1) is 0 Å². The third-order valence-electron chi connectivity index (χ3n) is 4.26. The Morgan fingerprint density at radius 1 is 0.773 bits per heavy atom. The zero-order chi connectivity index (χ0) is 15.4. The molecule has 0 aliphatic carbocycles. The topological polar surface area (TPSA) is 50.8 Å². The minimum Gasteiger partial charge on any atom is -0.261 e. The summed E-state index contributed by atoms with van der Waals surface area (Å²) in [7, 11) is 0. The van der Waals surface area contributed by atoms with E-state index in [1.807, 2.05) is 36.4 Å². The summed E-state index contributed by atoms with van der Waals surface area (Å²) in [6.07, 6.45) is 1.51. The van der Waals surface area contributed by atoms with Crippen LogP contribution in [-0.4, -0.2) is 17.0 Å². The van der Waals surface area contributed by atoms with Crippen LogP contribution in [0.1, 0.15) is 30.0 Å². The van der Waals surface area contributed by atoms with Crippen LogP contribution in [0.15, 0.2) is 60.7 Å². The molecule has 0 N–H and O–H groups in total. The minimum atomic E-state index is -0.213. The van der Waals surface area contributed by atoms with E-state index >= 15 is 0 Å². The normalized spacial score (nSPS) is 21.4. The summed E-state index contributed by atoms with van der Waals surface area (Å²) >= 11 is 0.